The molecule has 0 spiro atoms. The monoisotopic (exact) mass is 572 g/mol. The van der Waals surface area contributed by atoms with E-state index in [9.17, 15) is 24.3 Å². The predicted octanol–water partition coefficient (Wildman–Crippen LogP) is 2.38. The van der Waals surface area contributed by atoms with Crippen LogP contribution in [0.15, 0.2) is 84.9 Å². The van der Waals surface area contributed by atoms with Gasteiger partial charge >= 0.3 is 6.09 Å². The van der Waals surface area contributed by atoms with Gasteiger partial charge in [0.1, 0.15) is 11.8 Å². The van der Waals surface area contributed by atoms with E-state index in [2.05, 4.69) is 16.0 Å². The molecule has 3 aromatic rings. The minimum atomic E-state index is -1.55. The summed E-state index contributed by atoms with van der Waals surface area (Å²) < 4.78 is 4.87. The first kappa shape index (κ1) is 30.3. The summed E-state index contributed by atoms with van der Waals surface area (Å²) in [6.07, 6.45) is 0.119. The lowest BCUT2D eigenvalue weighted by Gasteiger charge is -2.27. The molecule has 0 aromatic heterocycles. The fourth-order valence-electron chi connectivity index (χ4n) is 4.56. The Morgan fingerprint density at radius 1 is 0.786 bits per heavy atom. The molecular formula is C32H36N4O6. The minimum Gasteiger partial charge on any atom is -0.411 e. The zero-order valence-electron chi connectivity index (χ0n) is 23.2. The van der Waals surface area contributed by atoms with Crippen molar-refractivity contribution in [1.82, 2.24) is 16.0 Å². The molecule has 0 radical (unpaired) electrons. The van der Waals surface area contributed by atoms with Crippen LogP contribution in [0.4, 0.5) is 4.79 Å². The standard InChI is InChI=1S/C32H36N4O6/c33-32(41)42-25-15-13-22(14-16-25)18-27(35-28(37)19-23-11-12-23)30(39)36-26(17-21-7-3-1-4-8-21)29(38)31(40)34-20-24-9-5-2-6-10-24/h1-10,13-16,23,26-27,29,38H,11-12,17-20H2,(H2,33,41)(H,34,40)(H,35,37)(H,36,39)/t26-,27-,29-/m0/s1. The first-order chi connectivity index (χ1) is 20.3. The Labute approximate surface area is 244 Å². The van der Waals surface area contributed by atoms with Gasteiger partial charge in [0.2, 0.25) is 11.8 Å². The molecule has 1 aliphatic carbocycles. The summed E-state index contributed by atoms with van der Waals surface area (Å²) in [5, 5.41) is 19.5. The molecule has 3 atom stereocenters. The van der Waals surface area contributed by atoms with Crippen molar-refractivity contribution in [3.8, 4) is 5.75 Å². The van der Waals surface area contributed by atoms with Gasteiger partial charge in [-0.1, -0.05) is 72.8 Å². The van der Waals surface area contributed by atoms with E-state index in [0.717, 1.165) is 24.0 Å². The van der Waals surface area contributed by atoms with Gasteiger partial charge in [-0.2, -0.15) is 0 Å². The van der Waals surface area contributed by atoms with Gasteiger partial charge in [-0.25, -0.2) is 4.79 Å². The van der Waals surface area contributed by atoms with Crippen molar-refractivity contribution in [2.75, 3.05) is 0 Å². The number of hydrogen-bond donors (Lipinski definition) is 5. The third kappa shape index (κ3) is 9.74. The van der Waals surface area contributed by atoms with Crippen LogP contribution in [0.5, 0.6) is 5.75 Å². The Morgan fingerprint density at radius 3 is 1.98 bits per heavy atom. The van der Waals surface area contributed by atoms with E-state index in [1.165, 1.54) is 0 Å². The Bertz CT molecular complexity index is 1350. The number of aliphatic hydroxyl groups excluding tert-OH is 1. The first-order valence-electron chi connectivity index (χ1n) is 14.0. The molecule has 42 heavy (non-hydrogen) atoms. The third-order valence-electron chi connectivity index (χ3n) is 6.99. The lowest BCUT2D eigenvalue weighted by atomic mass is 9.98. The van der Waals surface area contributed by atoms with Gasteiger partial charge in [0, 0.05) is 19.4 Å². The van der Waals surface area contributed by atoms with Gasteiger partial charge in [0.05, 0.1) is 6.04 Å². The Morgan fingerprint density at radius 2 is 1.38 bits per heavy atom. The molecule has 220 valence electrons. The van der Waals surface area contributed by atoms with Crippen molar-refractivity contribution in [2.45, 2.75) is 56.8 Å². The fourth-order valence-corrected chi connectivity index (χ4v) is 4.56. The Kier molecular flexibility index (Phi) is 10.7. The molecule has 4 amide bonds. The van der Waals surface area contributed by atoms with Crippen LogP contribution in [0.25, 0.3) is 0 Å². The number of ether oxygens (including phenoxy) is 1. The SMILES string of the molecule is NC(=O)Oc1ccc(C[C@H](NC(=O)CC2CC2)C(=O)N[C@@H](Cc2ccccc2)[C@H](O)C(=O)NCc2ccccc2)cc1. The van der Waals surface area contributed by atoms with Gasteiger partial charge in [-0.15, -0.1) is 0 Å². The lowest BCUT2D eigenvalue weighted by molar-refractivity contribution is -0.134. The van der Waals surface area contributed by atoms with Crippen LogP contribution in [0.3, 0.4) is 0 Å². The van der Waals surface area contributed by atoms with E-state index in [1.807, 2.05) is 60.7 Å². The van der Waals surface area contributed by atoms with Crippen molar-refractivity contribution < 1.29 is 29.0 Å². The second kappa shape index (κ2) is 14.8. The molecule has 1 aliphatic rings. The average Bonchev–Trinajstić information content (AvgIpc) is 3.80. The second-order valence-corrected chi connectivity index (χ2v) is 10.5. The van der Waals surface area contributed by atoms with Gasteiger partial charge < -0.3 is 31.5 Å². The maximum Gasteiger partial charge on any atom is 0.409 e. The third-order valence-corrected chi connectivity index (χ3v) is 6.99. The highest BCUT2D eigenvalue weighted by Crippen LogP contribution is 2.32. The molecule has 10 heteroatoms. The van der Waals surface area contributed by atoms with Crippen LogP contribution in [0, 0.1) is 5.92 Å². The zero-order valence-corrected chi connectivity index (χ0v) is 23.2. The highest BCUT2D eigenvalue weighted by Gasteiger charge is 2.32. The smallest absolute Gasteiger partial charge is 0.409 e. The van der Waals surface area contributed by atoms with Gasteiger partial charge in [0.25, 0.3) is 5.91 Å². The van der Waals surface area contributed by atoms with E-state index in [4.69, 9.17) is 10.5 Å². The molecule has 0 heterocycles. The maximum atomic E-state index is 13.6. The Balaban J connectivity index is 1.49. The number of benzene rings is 3. The van der Waals surface area contributed by atoms with E-state index >= 15 is 0 Å². The summed E-state index contributed by atoms with van der Waals surface area (Å²) in [5.41, 5.74) is 7.45. The number of rotatable bonds is 14. The zero-order chi connectivity index (χ0) is 29.9. The van der Waals surface area contributed by atoms with Crippen LogP contribution < -0.4 is 26.4 Å². The Hall–Kier alpha value is -4.70. The second-order valence-electron chi connectivity index (χ2n) is 10.5. The fraction of sp³-hybridized carbons (Fsp3) is 0.312. The molecule has 6 N–H and O–H groups in total. The van der Waals surface area contributed by atoms with Crippen molar-refractivity contribution >= 4 is 23.8 Å². The number of nitrogens with one attached hydrogen (secondary N) is 3. The molecular weight excluding hydrogens is 536 g/mol. The van der Waals surface area contributed by atoms with E-state index < -0.39 is 36.1 Å². The number of carbonyl (C=O) groups excluding carboxylic acids is 4. The molecule has 3 aromatic carbocycles. The number of hydrogen-bond acceptors (Lipinski definition) is 6. The van der Waals surface area contributed by atoms with Crippen molar-refractivity contribution in [2.24, 2.45) is 11.7 Å². The van der Waals surface area contributed by atoms with Crippen molar-refractivity contribution in [3.63, 3.8) is 0 Å². The predicted molar refractivity (Wildman–Crippen MR) is 156 cm³/mol. The van der Waals surface area contributed by atoms with Gasteiger partial charge in [-0.3, -0.25) is 14.4 Å². The molecule has 0 unspecified atom stereocenters. The first-order valence-corrected chi connectivity index (χ1v) is 14.0. The summed E-state index contributed by atoms with van der Waals surface area (Å²) in [6.45, 7) is 0.220. The molecule has 10 nitrogen and oxygen atoms in total. The highest BCUT2D eigenvalue weighted by atomic mass is 16.5. The van der Waals surface area contributed by atoms with E-state index in [1.54, 1.807) is 24.3 Å². The van der Waals surface area contributed by atoms with Gasteiger partial charge in [0.15, 0.2) is 6.10 Å². The van der Waals surface area contributed by atoms with Crippen LogP contribution in [-0.4, -0.2) is 47.1 Å². The lowest BCUT2D eigenvalue weighted by Crippen LogP contribution is -2.56. The number of amides is 4. The maximum absolute atomic E-state index is 13.6. The minimum absolute atomic E-state index is 0.132. The van der Waals surface area contributed by atoms with E-state index in [-0.39, 0.29) is 31.0 Å². The largest absolute Gasteiger partial charge is 0.411 e. The summed E-state index contributed by atoms with van der Waals surface area (Å²) in [6, 6.07) is 23.0. The van der Waals surface area contributed by atoms with Gasteiger partial charge in [-0.05, 0) is 54.0 Å². The van der Waals surface area contributed by atoms with Crippen LogP contribution >= 0.6 is 0 Å². The number of carbonyl (C=O) groups is 4. The van der Waals surface area contributed by atoms with Crippen molar-refractivity contribution in [3.05, 3.63) is 102 Å². The van der Waals surface area contributed by atoms with Crippen molar-refractivity contribution in [1.29, 1.82) is 0 Å². The normalized spacial score (nSPS) is 14.6. The summed E-state index contributed by atoms with van der Waals surface area (Å²) in [7, 11) is 0. The topological polar surface area (TPSA) is 160 Å². The molecule has 1 saturated carbocycles. The quantitative estimate of drug-likeness (QED) is 0.199. The number of primary amides is 1. The van der Waals surface area contributed by atoms with Crippen LogP contribution in [-0.2, 0) is 33.8 Å². The average molecular weight is 573 g/mol. The van der Waals surface area contributed by atoms with Crippen LogP contribution in [0.1, 0.15) is 36.0 Å². The van der Waals surface area contributed by atoms with E-state index in [0.29, 0.717) is 17.9 Å². The molecule has 0 saturated heterocycles. The molecule has 4 rings (SSSR count). The molecule has 1 fully saturated rings. The molecule has 0 aliphatic heterocycles. The summed E-state index contributed by atoms with van der Waals surface area (Å²) in [4.78, 5) is 50.4. The van der Waals surface area contributed by atoms with Crippen LogP contribution in [0.2, 0.25) is 0 Å². The molecule has 0 bridgehead atoms. The summed E-state index contributed by atoms with van der Waals surface area (Å²) in [5.74, 6) is -0.837. The number of aliphatic hydroxyl groups is 1. The summed E-state index contributed by atoms with van der Waals surface area (Å²) >= 11 is 0. The number of nitrogens with two attached hydrogens (primary N) is 1. The highest BCUT2D eigenvalue weighted by molar-refractivity contribution is 5.89.